The van der Waals surface area contributed by atoms with Crippen LogP contribution in [0.1, 0.15) is 24.1 Å². The first kappa shape index (κ1) is 17.2. The monoisotopic (exact) mass is 327 g/mol. The summed E-state index contributed by atoms with van der Waals surface area (Å²) in [6.07, 6.45) is 9.26. The number of rotatable bonds is 5. The number of carbonyl (C=O) groups excluding carboxylic acids is 1. The molecular weight excluding hydrogens is 298 g/mol. The third kappa shape index (κ3) is 4.04. The third-order valence-electron chi connectivity index (χ3n) is 5.49. The maximum atomic E-state index is 12.4. The van der Waals surface area contributed by atoms with E-state index < -0.39 is 0 Å². The average Bonchev–Trinajstić information content (AvgIpc) is 3.11. The number of carbonyl (C=O) groups is 1. The van der Waals surface area contributed by atoms with Crippen LogP contribution in [0.5, 0.6) is 0 Å². The van der Waals surface area contributed by atoms with Gasteiger partial charge >= 0.3 is 0 Å². The van der Waals surface area contributed by atoms with Gasteiger partial charge in [0.2, 0.25) is 5.91 Å². The summed E-state index contributed by atoms with van der Waals surface area (Å²) in [6, 6.07) is 4.30. The predicted octanol–water partition coefficient (Wildman–Crippen LogP) is 2.53. The Bertz CT molecular complexity index is 593. The van der Waals surface area contributed by atoms with Crippen molar-refractivity contribution < 1.29 is 4.79 Å². The van der Waals surface area contributed by atoms with Crippen molar-refractivity contribution in [3.8, 4) is 0 Å². The second-order valence-electron chi connectivity index (χ2n) is 7.70. The summed E-state index contributed by atoms with van der Waals surface area (Å²) in [7, 11) is 4.03. The van der Waals surface area contributed by atoms with Gasteiger partial charge in [0.25, 0.3) is 0 Å². The lowest BCUT2D eigenvalue weighted by Gasteiger charge is -2.20. The van der Waals surface area contributed by atoms with Crippen LogP contribution in [0.4, 0.5) is 0 Å². The molecule has 3 atom stereocenters. The molecule has 0 radical (unpaired) electrons. The van der Waals surface area contributed by atoms with Crippen molar-refractivity contribution in [2.24, 2.45) is 17.8 Å². The first-order valence-electron chi connectivity index (χ1n) is 9.04. The lowest BCUT2D eigenvalue weighted by atomic mass is 9.89. The molecule has 0 aromatic carbocycles. The fourth-order valence-electron chi connectivity index (χ4n) is 4.17. The van der Waals surface area contributed by atoms with E-state index in [-0.39, 0.29) is 5.91 Å². The third-order valence-corrected chi connectivity index (χ3v) is 5.49. The van der Waals surface area contributed by atoms with Crippen LogP contribution in [0.15, 0.2) is 30.5 Å². The molecule has 0 bridgehead atoms. The van der Waals surface area contributed by atoms with Gasteiger partial charge in [-0.15, -0.1) is 0 Å². The van der Waals surface area contributed by atoms with E-state index in [2.05, 4.69) is 33.8 Å². The van der Waals surface area contributed by atoms with Crippen molar-refractivity contribution in [2.75, 3.05) is 33.7 Å². The van der Waals surface area contributed by atoms with E-state index in [4.69, 9.17) is 0 Å². The number of aromatic nitrogens is 1. The number of likely N-dealkylation sites (N-methyl/N-ethyl adjacent to an activating group) is 1. The number of fused-ring (bicyclic) bond motifs is 1. The molecule has 0 spiro atoms. The minimum absolute atomic E-state index is 0.179. The largest absolute Gasteiger partial charge is 0.339 e. The molecule has 3 rings (SSSR count). The van der Waals surface area contributed by atoms with Crippen LogP contribution >= 0.6 is 0 Å². The topological polar surface area (TPSA) is 36.4 Å². The maximum Gasteiger partial charge on any atom is 0.246 e. The van der Waals surface area contributed by atoms with E-state index in [0.717, 1.165) is 26.1 Å². The van der Waals surface area contributed by atoms with Crippen LogP contribution in [0.3, 0.4) is 0 Å². The number of amides is 1. The zero-order valence-corrected chi connectivity index (χ0v) is 15.1. The van der Waals surface area contributed by atoms with Gasteiger partial charge in [0, 0.05) is 37.6 Å². The lowest BCUT2D eigenvalue weighted by molar-refractivity contribution is -0.125. The Morgan fingerprint density at radius 3 is 2.88 bits per heavy atom. The number of nitrogens with zero attached hydrogens (tertiary/aromatic N) is 3. The number of aryl methyl sites for hydroxylation is 1. The molecule has 2 fully saturated rings. The highest BCUT2D eigenvalue weighted by Gasteiger charge is 2.43. The molecule has 1 aromatic heterocycles. The van der Waals surface area contributed by atoms with E-state index in [0.29, 0.717) is 17.8 Å². The average molecular weight is 327 g/mol. The van der Waals surface area contributed by atoms with Gasteiger partial charge in [-0.05, 0) is 69.7 Å². The second-order valence-corrected chi connectivity index (χ2v) is 7.70. The normalized spacial score (nSPS) is 26.5. The highest BCUT2D eigenvalue weighted by Crippen LogP contribution is 2.43. The summed E-state index contributed by atoms with van der Waals surface area (Å²) >= 11 is 0. The molecular formula is C20H29N3O. The van der Waals surface area contributed by atoms with Gasteiger partial charge in [0.05, 0.1) is 0 Å². The molecule has 0 unspecified atom stereocenters. The molecule has 4 nitrogen and oxygen atoms in total. The van der Waals surface area contributed by atoms with Gasteiger partial charge in [0.15, 0.2) is 0 Å². The van der Waals surface area contributed by atoms with E-state index in [9.17, 15) is 4.79 Å². The van der Waals surface area contributed by atoms with E-state index in [1.165, 1.54) is 24.1 Å². The van der Waals surface area contributed by atoms with Gasteiger partial charge in [0.1, 0.15) is 0 Å². The van der Waals surface area contributed by atoms with Crippen LogP contribution < -0.4 is 0 Å². The summed E-state index contributed by atoms with van der Waals surface area (Å²) in [6.45, 7) is 4.75. The second kappa shape index (κ2) is 7.47. The molecule has 0 N–H and O–H groups in total. The standard InChI is InChI=1S/C20H29N3O/c1-15-6-9-18(21-12-15)11-16-7-8-17-13-23(14-19(16)17)20(24)5-4-10-22(2)3/h4-6,9,12,16-17,19H,7-8,10-11,13-14H2,1-3H3/b5-4+/t16-,17-,19-/m1/s1. The minimum Gasteiger partial charge on any atom is -0.339 e. The minimum atomic E-state index is 0.179. The van der Waals surface area contributed by atoms with Crippen LogP contribution in [0, 0.1) is 24.7 Å². The number of pyridine rings is 1. The Kier molecular flexibility index (Phi) is 5.34. The number of hydrogen-bond donors (Lipinski definition) is 0. The fraction of sp³-hybridized carbons (Fsp3) is 0.600. The zero-order chi connectivity index (χ0) is 17.1. The Morgan fingerprint density at radius 2 is 2.17 bits per heavy atom. The summed E-state index contributed by atoms with van der Waals surface area (Å²) < 4.78 is 0. The van der Waals surface area contributed by atoms with Crippen molar-refractivity contribution >= 4 is 5.91 Å². The maximum absolute atomic E-state index is 12.4. The van der Waals surface area contributed by atoms with Crippen LogP contribution in [0.2, 0.25) is 0 Å². The molecule has 2 aliphatic rings. The van der Waals surface area contributed by atoms with Gasteiger partial charge < -0.3 is 9.80 Å². The van der Waals surface area contributed by atoms with Crippen molar-refractivity contribution in [1.29, 1.82) is 0 Å². The molecule has 1 aliphatic carbocycles. The SMILES string of the molecule is Cc1ccc(C[C@H]2CC[C@@H]3CN(C(=O)/C=C/CN(C)C)C[C@H]23)nc1. The highest BCUT2D eigenvalue weighted by molar-refractivity contribution is 5.87. The molecule has 130 valence electrons. The van der Waals surface area contributed by atoms with Gasteiger partial charge in [-0.25, -0.2) is 0 Å². The summed E-state index contributed by atoms with van der Waals surface area (Å²) in [5.74, 6) is 2.19. The summed E-state index contributed by atoms with van der Waals surface area (Å²) in [5, 5.41) is 0. The van der Waals surface area contributed by atoms with Crippen molar-refractivity contribution in [3.05, 3.63) is 41.7 Å². The summed E-state index contributed by atoms with van der Waals surface area (Å²) in [5.41, 5.74) is 2.41. The van der Waals surface area contributed by atoms with Crippen LogP contribution in [0.25, 0.3) is 0 Å². The van der Waals surface area contributed by atoms with E-state index >= 15 is 0 Å². The van der Waals surface area contributed by atoms with E-state index in [1.807, 2.05) is 26.4 Å². The van der Waals surface area contributed by atoms with Gasteiger partial charge in [-0.2, -0.15) is 0 Å². The van der Waals surface area contributed by atoms with E-state index in [1.54, 1.807) is 6.08 Å². The molecule has 1 amide bonds. The fourth-order valence-corrected chi connectivity index (χ4v) is 4.17. The highest BCUT2D eigenvalue weighted by atomic mass is 16.2. The quantitative estimate of drug-likeness (QED) is 0.780. The lowest BCUT2D eigenvalue weighted by Crippen LogP contribution is -2.29. The van der Waals surface area contributed by atoms with Gasteiger partial charge in [-0.3, -0.25) is 9.78 Å². The summed E-state index contributed by atoms with van der Waals surface area (Å²) in [4.78, 5) is 21.1. The molecule has 1 saturated carbocycles. The Morgan fingerprint density at radius 1 is 1.33 bits per heavy atom. The number of likely N-dealkylation sites (tertiary alicyclic amines) is 1. The van der Waals surface area contributed by atoms with Crippen molar-refractivity contribution in [2.45, 2.75) is 26.2 Å². The van der Waals surface area contributed by atoms with Crippen molar-refractivity contribution in [1.82, 2.24) is 14.8 Å². The van der Waals surface area contributed by atoms with Crippen molar-refractivity contribution in [3.63, 3.8) is 0 Å². The molecule has 1 aromatic rings. The molecule has 24 heavy (non-hydrogen) atoms. The zero-order valence-electron chi connectivity index (χ0n) is 15.1. The Hall–Kier alpha value is -1.68. The predicted molar refractivity (Wildman–Crippen MR) is 96.7 cm³/mol. The Balaban J connectivity index is 1.56. The molecule has 1 aliphatic heterocycles. The van der Waals surface area contributed by atoms with Gasteiger partial charge in [-0.1, -0.05) is 12.1 Å². The first-order valence-corrected chi connectivity index (χ1v) is 9.04. The smallest absolute Gasteiger partial charge is 0.246 e. The Labute approximate surface area is 145 Å². The first-order chi connectivity index (χ1) is 11.5. The van der Waals surface area contributed by atoms with Crippen LogP contribution in [-0.4, -0.2) is 54.4 Å². The molecule has 2 heterocycles. The number of hydrogen-bond acceptors (Lipinski definition) is 3. The van der Waals surface area contributed by atoms with Crippen LogP contribution in [-0.2, 0) is 11.2 Å². The molecule has 4 heteroatoms. The molecule has 1 saturated heterocycles.